The van der Waals surface area contributed by atoms with Crippen LogP contribution in [0.1, 0.15) is 0 Å². The van der Waals surface area contributed by atoms with Crippen LogP contribution in [0.5, 0.6) is 0 Å². The van der Waals surface area contributed by atoms with Gasteiger partial charge in [0.05, 0.1) is 17.0 Å². The van der Waals surface area contributed by atoms with Crippen LogP contribution in [0.4, 0.5) is 5.82 Å². The molecule has 0 fully saturated rings. The Hall–Kier alpha value is -2.22. The van der Waals surface area contributed by atoms with Crippen molar-refractivity contribution >= 4 is 32.5 Å². The van der Waals surface area contributed by atoms with Gasteiger partial charge in [0.1, 0.15) is 12.1 Å². The first kappa shape index (κ1) is 16.2. The van der Waals surface area contributed by atoms with E-state index in [0.717, 1.165) is 6.26 Å². The third-order valence-electron chi connectivity index (χ3n) is 3.25. The van der Waals surface area contributed by atoms with E-state index in [0.29, 0.717) is 16.7 Å². The summed E-state index contributed by atoms with van der Waals surface area (Å²) >= 11 is 0. The topological polar surface area (TPSA) is 83.5 Å². The Bertz CT molecular complexity index is 818. The van der Waals surface area contributed by atoms with E-state index in [2.05, 4.69) is 9.97 Å². The first-order valence-electron chi connectivity index (χ1n) is 6.56. The number of carbonyl (C=O) groups is 1. The van der Waals surface area contributed by atoms with Gasteiger partial charge in [-0.25, -0.2) is 18.4 Å². The van der Waals surface area contributed by atoms with Crippen molar-refractivity contribution in [3.8, 4) is 0 Å². The monoisotopic (exact) mass is 322 g/mol. The van der Waals surface area contributed by atoms with Crippen molar-refractivity contribution in [1.82, 2.24) is 14.9 Å². The minimum absolute atomic E-state index is 0.0754. The minimum atomic E-state index is -3.32. The maximum atomic E-state index is 11.8. The van der Waals surface area contributed by atoms with Crippen LogP contribution in [0.25, 0.3) is 10.9 Å². The lowest BCUT2D eigenvalue weighted by atomic mass is 10.2. The molecule has 2 aromatic rings. The zero-order valence-corrected chi connectivity index (χ0v) is 13.8. The molecular weight excluding hydrogens is 304 g/mol. The number of sulfone groups is 1. The highest BCUT2D eigenvalue weighted by molar-refractivity contribution is 7.90. The lowest BCUT2D eigenvalue weighted by molar-refractivity contribution is -0.127. The summed E-state index contributed by atoms with van der Waals surface area (Å²) in [5, 5.41) is 0.597. The van der Waals surface area contributed by atoms with Gasteiger partial charge in [-0.15, -0.1) is 0 Å². The number of hydrogen-bond acceptors (Lipinski definition) is 6. The molecule has 1 aromatic heterocycles. The number of anilines is 1. The average Bonchev–Trinajstić information content (AvgIpc) is 2.44. The summed E-state index contributed by atoms with van der Waals surface area (Å²) < 4.78 is 23.4. The Balaban J connectivity index is 2.51. The van der Waals surface area contributed by atoms with Gasteiger partial charge in [0.25, 0.3) is 0 Å². The molecule has 0 atom stereocenters. The molecule has 0 saturated carbocycles. The van der Waals surface area contributed by atoms with Crippen LogP contribution in [-0.4, -0.2) is 63.1 Å². The fraction of sp³-hybridized carbons (Fsp3) is 0.357. The lowest BCUT2D eigenvalue weighted by Crippen LogP contribution is -2.34. The van der Waals surface area contributed by atoms with Gasteiger partial charge in [0.15, 0.2) is 9.84 Å². The minimum Gasteiger partial charge on any atom is -0.350 e. The SMILES string of the molecule is CN(C)C(=O)CN(C)c1ncnc2ccc(S(C)(=O)=O)cc12. The number of carbonyl (C=O) groups excluding carboxylic acids is 1. The molecule has 2 rings (SSSR count). The van der Waals surface area contributed by atoms with E-state index in [9.17, 15) is 13.2 Å². The maximum absolute atomic E-state index is 11.8. The largest absolute Gasteiger partial charge is 0.350 e. The summed E-state index contributed by atoms with van der Waals surface area (Å²) in [6.07, 6.45) is 2.55. The zero-order chi connectivity index (χ0) is 16.5. The number of fused-ring (bicyclic) bond motifs is 1. The number of benzene rings is 1. The molecule has 0 bridgehead atoms. The summed E-state index contributed by atoms with van der Waals surface area (Å²) in [6, 6.07) is 4.69. The van der Waals surface area contributed by atoms with E-state index in [4.69, 9.17) is 0 Å². The number of rotatable bonds is 4. The second kappa shape index (κ2) is 5.88. The zero-order valence-electron chi connectivity index (χ0n) is 12.9. The highest BCUT2D eigenvalue weighted by Crippen LogP contribution is 2.25. The van der Waals surface area contributed by atoms with E-state index < -0.39 is 9.84 Å². The Labute approximate surface area is 129 Å². The smallest absolute Gasteiger partial charge is 0.241 e. The quantitative estimate of drug-likeness (QED) is 0.818. The molecule has 1 amide bonds. The highest BCUT2D eigenvalue weighted by atomic mass is 32.2. The van der Waals surface area contributed by atoms with Crippen LogP contribution < -0.4 is 4.90 Å². The fourth-order valence-corrected chi connectivity index (χ4v) is 2.62. The van der Waals surface area contributed by atoms with Crippen LogP contribution in [0.15, 0.2) is 29.4 Å². The van der Waals surface area contributed by atoms with Crippen molar-refractivity contribution < 1.29 is 13.2 Å². The highest BCUT2D eigenvalue weighted by Gasteiger charge is 2.15. The van der Waals surface area contributed by atoms with E-state index in [-0.39, 0.29) is 17.3 Å². The molecule has 118 valence electrons. The molecule has 0 saturated heterocycles. The molecule has 0 radical (unpaired) electrons. The molecule has 0 aliphatic heterocycles. The van der Waals surface area contributed by atoms with Crippen molar-refractivity contribution in [2.75, 3.05) is 38.8 Å². The van der Waals surface area contributed by atoms with Crippen molar-refractivity contribution in [3.63, 3.8) is 0 Å². The van der Waals surface area contributed by atoms with Gasteiger partial charge < -0.3 is 9.80 Å². The van der Waals surface area contributed by atoms with E-state index in [1.807, 2.05) is 0 Å². The van der Waals surface area contributed by atoms with E-state index in [1.54, 1.807) is 32.1 Å². The van der Waals surface area contributed by atoms with E-state index in [1.165, 1.54) is 23.4 Å². The van der Waals surface area contributed by atoms with Crippen molar-refractivity contribution in [3.05, 3.63) is 24.5 Å². The molecule has 7 nitrogen and oxygen atoms in total. The summed E-state index contributed by atoms with van der Waals surface area (Å²) in [5.74, 6) is 0.444. The Morgan fingerprint density at radius 3 is 2.45 bits per heavy atom. The Morgan fingerprint density at radius 1 is 1.18 bits per heavy atom. The summed E-state index contributed by atoms with van der Waals surface area (Å²) in [7, 11) is 1.76. The second-order valence-corrected chi connectivity index (χ2v) is 7.31. The molecule has 0 spiro atoms. The fourth-order valence-electron chi connectivity index (χ4n) is 1.98. The van der Waals surface area contributed by atoms with Gasteiger partial charge in [-0.2, -0.15) is 0 Å². The van der Waals surface area contributed by atoms with Crippen molar-refractivity contribution in [2.24, 2.45) is 0 Å². The molecule has 1 heterocycles. The number of aromatic nitrogens is 2. The van der Waals surface area contributed by atoms with Crippen LogP contribution >= 0.6 is 0 Å². The molecule has 1 aromatic carbocycles. The molecular formula is C14H18N4O3S. The molecule has 22 heavy (non-hydrogen) atoms. The summed E-state index contributed by atoms with van der Waals surface area (Å²) in [5.41, 5.74) is 0.626. The Morgan fingerprint density at radius 2 is 1.86 bits per heavy atom. The first-order chi connectivity index (χ1) is 10.2. The average molecular weight is 322 g/mol. The first-order valence-corrected chi connectivity index (χ1v) is 8.45. The molecule has 0 aliphatic rings. The van der Waals surface area contributed by atoms with Crippen molar-refractivity contribution in [1.29, 1.82) is 0 Å². The summed E-state index contributed by atoms with van der Waals surface area (Å²) in [4.78, 5) is 23.5. The van der Waals surface area contributed by atoms with Crippen LogP contribution in [0.2, 0.25) is 0 Å². The normalized spacial score (nSPS) is 11.5. The second-order valence-electron chi connectivity index (χ2n) is 5.29. The third-order valence-corrected chi connectivity index (χ3v) is 4.36. The number of nitrogens with zero attached hydrogens (tertiary/aromatic N) is 4. The van der Waals surface area contributed by atoms with Gasteiger partial charge >= 0.3 is 0 Å². The van der Waals surface area contributed by atoms with E-state index >= 15 is 0 Å². The van der Waals surface area contributed by atoms with Gasteiger partial charge in [0.2, 0.25) is 5.91 Å². The molecule has 0 N–H and O–H groups in total. The predicted octanol–water partition coefficient (Wildman–Crippen LogP) is 0.558. The van der Waals surface area contributed by atoms with Crippen LogP contribution in [0.3, 0.4) is 0 Å². The van der Waals surface area contributed by atoms with Gasteiger partial charge in [0, 0.05) is 32.8 Å². The third kappa shape index (κ3) is 3.33. The predicted molar refractivity (Wildman–Crippen MR) is 84.6 cm³/mol. The van der Waals surface area contributed by atoms with Crippen LogP contribution in [-0.2, 0) is 14.6 Å². The standard InChI is InChI=1S/C14H18N4O3S/c1-17(2)13(19)8-18(3)14-11-7-10(22(4,20)21)5-6-12(11)15-9-16-14/h5-7,9H,8H2,1-4H3. The molecule has 0 aliphatic carbocycles. The molecule has 8 heteroatoms. The maximum Gasteiger partial charge on any atom is 0.241 e. The van der Waals surface area contributed by atoms with Crippen LogP contribution in [0, 0.1) is 0 Å². The van der Waals surface area contributed by atoms with Gasteiger partial charge in [-0.05, 0) is 18.2 Å². The van der Waals surface area contributed by atoms with Gasteiger partial charge in [-0.1, -0.05) is 0 Å². The number of likely N-dealkylation sites (N-methyl/N-ethyl adjacent to an activating group) is 2. The number of hydrogen-bond donors (Lipinski definition) is 0. The lowest BCUT2D eigenvalue weighted by Gasteiger charge is -2.21. The molecule has 0 unspecified atom stereocenters. The van der Waals surface area contributed by atoms with Crippen molar-refractivity contribution in [2.45, 2.75) is 4.90 Å². The summed E-state index contributed by atoms with van der Waals surface area (Å²) in [6.45, 7) is 0.141. The Kier molecular flexibility index (Phi) is 4.32. The van der Waals surface area contributed by atoms with Gasteiger partial charge in [-0.3, -0.25) is 4.79 Å². The number of amides is 1.